The molecule has 3 aromatic rings. The molecule has 19 heavy (non-hydrogen) atoms. The molecule has 0 fully saturated rings. The average molecular weight is 445 g/mol. The standard InChI is InChI=1S/C14H10BrIN2S/c1-8-2-4-12(10(15)6-8)18-13-5-3-9(16)7-11(13)17-14(18)19/h2-7H,1H3,(H,17,19). The van der Waals surface area contributed by atoms with Crippen molar-refractivity contribution in [3.8, 4) is 5.69 Å². The van der Waals surface area contributed by atoms with Gasteiger partial charge in [0.2, 0.25) is 0 Å². The van der Waals surface area contributed by atoms with Gasteiger partial charge in [-0.15, -0.1) is 0 Å². The maximum Gasteiger partial charge on any atom is 0.182 e. The Balaban J connectivity index is 2.36. The van der Waals surface area contributed by atoms with E-state index in [1.54, 1.807) is 0 Å². The Hall–Kier alpha value is -0.660. The van der Waals surface area contributed by atoms with E-state index in [0.717, 1.165) is 21.2 Å². The molecule has 0 unspecified atom stereocenters. The molecule has 0 aliphatic heterocycles. The van der Waals surface area contributed by atoms with Crippen LogP contribution in [0, 0.1) is 15.3 Å². The number of benzene rings is 2. The van der Waals surface area contributed by atoms with Crippen LogP contribution in [0.4, 0.5) is 0 Å². The van der Waals surface area contributed by atoms with Crippen molar-refractivity contribution < 1.29 is 0 Å². The first-order valence-electron chi connectivity index (χ1n) is 5.73. The van der Waals surface area contributed by atoms with Crippen LogP contribution >= 0.6 is 50.7 Å². The predicted octanol–water partition coefficient (Wildman–Crippen LogP) is 5.36. The van der Waals surface area contributed by atoms with E-state index in [0.29, 0.717) is 4.77 Å². The third-order valence-electron chi connectivity index (χ3n) is 2.99. The van der Waals surface area contributed by atoms with Gasteiger partial charge in [0.05, 0.1) is 16.7 Å². The van der Waals surface area contributed by atoms with Crippen molar-refractivity contribution in [1.29, 1.82) is 0 Å². The highest BCUT2D eigenvalue weighted by Gasteiger charge is 2.09. The van der Waals surface area contributed by atoms with Crippen molar-refractivity contribution >= 4 is 61.8 Å². The second-order valence-corrected chi connectivity index (χ2v) is 6.87. The Morgan fingerprint density at radius 3 is 2.74 bits per heavy atom. The van der Waals surface area contributed by atoms with E-state index in [1.165, 1.54) is 9.13 Å². The van der Waals surface area contributed by atoms with E-state index in [4.69, 9.17) is 12.2 Å². The summed E-state index contributed by atoms with van der Waals surface area (Å²) in [6.07, 6.45) is 0. The number of hydrogen-bond acceptors (Lipinski definition) is 1. The summed E-state index contributed by atoms with van der Waals surface area (Å²) in [5.41, 5.74) is 4.43. The lowest BCUT2D eigenvalue weighted by Crippen LogP contribution is -1.95. The Kier molecular flexibility index (Phi) is 3.53. The summed E-state index contributed by atoms with van der Waals surface area (Å²) in [4.78, 5) is 3.26. The molecular formula is C14H10BrIN2S. The van der Waals surface area contributed by atoms with Gasteiger partial charge >= 0.3 is 0 Å². The van der Waals surface area contributed by atoms with Gasteiger partial charge in [0.15, 0.2) is 4.77 Å². The van der Waals surface area contributed by atoms with E-state index in [9.17, 15) is 0 Å². The maximum atomic E-state index is 5.45. The van der Waals surface area contributed by atoms with Crippen LogP contribution in [-0.4, -0.2) is 9.55 Å². The minimum absolute atomic E-state index is 0.710. The summed E-state index contributed by atoms with van der Waals surface area (Å²) in [5, 5.41) is 0. The van der Waals surface area contributed by atoms with Gasteiger partial charge in [0.1, 0.15) is 0 Å². The van der Waals surface area contributed by atoms with Crippen molar-refractivity contribution in [2.24, 2.45) is 0 Å². The molecule has 0 bridgehead atoms. The van der Waals surface area contributed by atoms with E-state index in [2.05, 4.69) is 91.4 Å². The molecule has 96 valence electrons. The van der Waals surface area contributed by atoms with Crippen LogP contribution in [0.5, 0.6) is 0 Å². The molecule has 0 saturated carbocycles. The first-order chi connectivity index (χ1) is 9.06. The maximum absolute atomic E-state index is 5.45. The first kappa shape index (κ1) is 13.3. The van der Waals surface area contributed by atoms with Crippen LogP contribution < -0.4 is 0 Å². The number of nitrogens with zero attached hydrogens (tertiary/aromatic N) is 1. The van der Waals surface area contributed by atoms with Crippen LogP contribution in [0.15, 0.2) is 40.9 Å². The van der Waals surface area contributed by atoms with Gasteiger partial charge in [0.25, 0.3) is 0 Å². The SMILES string of the molecule is Cc1ccc(-n2c(=S)[nH]c3cc(I)ccc32)c(Br)c1. The van der Waals surface area contributed by atoms with E-state index in [-0.39, 0.29) is 0 Å². The minimum Gasteiger partial charge on any atom is -0.330 e. The largest absolute Gasteiger partial charge is 0.330 e. The molecule has 1 aromatic heterocycles. The monoisotopic (exact) mass is 444 g/mol. The number of fused-ring (bicyclic) bond motifs is 1. The van der Waals surface area contributed by atoms with Gasteiger partial charge in [-0.3, -0.25) is 4.57 Å². The van der Waals surface area contributed by atoms with Gasteiger partial charge in [-0.2, -0.15) is 0 Å². The fraction of sp³-hybridized carbons (Fsp3) is 0.0714. The number of imidazole rings is 1. The zero-order valence-corrected chi connectivity index (χ0v) is 14.6. The Morgan fingerprint density at radius 2 is 2.00 bits per heavy atom. The van der Waals surface area contributed by atoms with Gasteiger partial charge in [-0.1, -0.05) is 6.07 Å². The summed E-state index contributed by atoms with van der Waals surface area (Å²) in [5.74, 6) is 0. The second-order valence-electron chi connectivity index (χ2n) is 4.38. The molecule has 0 amide bonds. The zero-order valence-electron chi connectivity index (χ0n) is 10.1. The number of halogens is 2. The molecule has 5 heteroatoms. The lowest BCUT2D eigenvalue weighted by Gasteiger charge is -2.08. The number of aromatic amines is 1. The summed E-state index contributed by atoms with van der Waals surface area (Å²) < 4.78 is 5.01. The smallest absolute Gasteiger partial charge is 0.182 e. The van der Waals surface area contributed by atoms with Crippen molar-refractivity contribution in [3.63, 3.8) is 0 Å². The van der Waals surface area contributed by atoms with Crippen LogP contribution in [0.25, 0.3) is 16.7 Å². The Bertz CT molecular complexity index is 835. The van der Waals surface area contributed by atoms with E-state index in [1.807, 2.05) is 0 Å². The molecular weight excluding hydrogens is 435 g/mol. The predicted molar refractivity (Wildman–Crippen MR) is 93.6 cm³/mol. The topological polar surface area (TPSA) is 20.7 Å². The van der Waals surface area contributed by atoms with Crippen LogP contribution in [-0.2, 0) is 0 Å². The third kappa shape index (κ3) is 2.39. The fourth-order valence-electron chi connectivity index (χ4n) is 2.12. The quantitative estimate of drug-likeness (QED) is 0.395. The van der Waals surface area contributed by atoms with E-state index >= 15 is 0 Å². The Labute approximate surface area is 138 Å². The molecule has 2 nitrogen and oxygen atoms in total. The van der Waals surface area contributed by atoms with Gasteiger partial charge < -0.3 is 4.98 Å². The normalized spacial score (nSPS) is 11.1. The molecule has 2 aromatic carbocycles. The molecule has 3 rings (SSSR count). The summed E-state index contributed by atoms with van der Waals surface area (Å²) in [7, 11) is 0. The van der Waals surface area contributed by atoms with Gasteiger partial charge in [-0.25, -0.2) is 0 Å². The number of hydrogen-bond donors (Lipinski definition) is 1. The molecule has 0 spiro atoms. The highest BCUT2D eigenvalue weighted by Crippen LogP contribution is 2.27. The average Bonchev–Trinajstić information content (AvgIpc) is 2.65. The highest BCUT2D eigenvalue weighted by atomic mass is 127. The summed E-state index contributed by atoms with van der Waals surface area (Å²) in [6.45, 7) is 2.07. The summed E-state index contributed by atoms with van der Waals surface area (Å²) in [6, 6.07) is 12.6. The van der Waals surface area contributed by atoms with Crippen molar-refractivity contribution in [2.75, 3.05) is 0 Å². The number of rotatable bonds is 1. The van der Waals surface area contributed by atoms with Crippen LogP contribution in [0.2, 0.25) is 0 Å². The van der Waals surface area contributed by atoms with Gasteiger partial charge in [0, 0.05) is 8.04 Å². The lowest BCUT2D eigenvalue weighted by molar-refractivity contribution is 1.05. The molecule has 0 aliphatic rings. The minimum atomic E-state index is 0.710. The second kappa shape index (κ2) is 5.03. The number of nitrogens with one attached hydrogen (secondary N) is 1. The van der Waals surface area contributed by atoms with Crippen molar-refractivity contribution in [1.82, 2.24) is 9.55 Å². The molecule has 0 saturated heterocycles. The third-order valence-corrected chi connectivity index (χ3v) is 4.58. The number of H-pyrrole nitrogens is 1. The molecule has 0 atom stereocenters. The number of aromatic nitrogens is 2. The van der Waals surface area contributed by atoms with Gasteiger partial charge in [-0.05, 0) is 93.6 Å². The molecule has 1 heterocycles. The van der Waals surface area contributed by atoms with Crippen LogP contribution in [0.1, 0.15) is 5.56 Å². The van der Waals surface area contributed by atoms with E-state index < -0.39 is 0 Å². The Morgan fingerprint density at radius 1 is 1.21 bits per heavy atom. The summed E-state index contributed by atoms with van der Waals surface area (Å²) >= 11 is 11.4. The number of aryl methyl sites for hydroxylation is 1. The first-order valence-corrected chi connectivity index (χ1v) is 8.01. The van der Waals surface area contributed by atoms with Crippen molar-refractivity contribution in [2.45, 2.75) is 6.92 Å². The molecule has 1 N–H and O–H groups in total. The van der Waals surface area contributed by atoms with Crippen molar-refractivity contribution in [3.05, 3.63) is 54.8 Å². The molecule has 0 radical (unpaired) electrons. The lowest BCUT2D eigenvalue weighted by atomic mass is 10.2. The fourth-order valence-corrected chi connectivity index (χ4v) is 3.58. The molecule has 0 aliphatic carbocycles. The van der Waals surface area contributed by atoms with Crippen LogP contribution in [0.3, 0.4) is 0 Å². The zero-order chi connectivity index (χ0) is 13.6. The highest BCUT2D eigenvalue weighted by molar-refractivity contribution is 14.1.